The number of nitrogens with one attached hydrogen (secondary N) is 2. The number of aryl methyl sites for hydroxylation is 2. The zero-order valence-electron chi connectivity index (χ0n) is 20.3. The second-order valence-electron chi connectivity index (χ2n) is 8.05. The van der Waals surface area contributed by atoms with Gasteiger partial charge in [0.25, 0.3) is 0 Å². The van der Waals surface area contributed by atoms with Gasteiger partial charge in [0.05, 0.1) is 0 Å². The first kappa shape index (κ1) is 29.4. The molecule has 29 heavy (non-hydrogen) atoms. The summed E-state index contributed by atoms with van der Waals surface area (Å²) in [7, 11) is 0. The van der Waals surface area contributed by atoms with E-state index >= 15 is 0 Å². The Balaban J connectivity index is 0. The van der Waals surface area contributed by atoms with E-state index in [4.69, 9.17) is 0 Å². The van der Waals surface area contributed by atoms with Gasteiger partial charge in [-0.2, -0.15) is 0 Å². The van der Waals surface area contributed by atoms with Crippen LogP contribution in [0.15, 0.2) is 24.3 Å². The molecular weight excluding hydrogens is 360 g/mol. The van der Waals surface area contributed by atoms with Crippen molar-refractivity contribution in [1.82, 2.24) is 10.6 Å². The Morgan fingerprint density at radius 1 is 0.862 bits per heavy atom. The monoisotopic (exact) mass is 406 g/mol. The van der Waals surface area contributed by atoms with Crippen LogP contribution in [0, 0.1) is 6.92 Å². The SMILES string of the molecule is CC.CCCCCC(=O)NC(C)(C)C.CCNC(=O)CCCc1ccc(C)cc1. The Hall–Kier alpha value is -1.84. The average Bonchev–Trinajstić information content (AvgIpc) is 2.65. The molecule has 2 amide bonds. The van der Waals surface area contributed by atoms with Crippen LogP contribution in [-0.2, 0) is 16.0 Å². The van der Waals surface area contributed by atoms with E-state index in [0.29, 0.717) is 12.8 Å². The quantitative estimate of drug-likeness (QED) is 0.497. The Bertz CT molecular complexity index is 531. The number of unbranched alkanes of at least 4 members (excludes halogenated alkanes) is 2. The minimum absolute atomic E-state index is 0.0801. The molecule has 0 aliphatic heterocycles. The average molecular weight is 407 g/mol. The first-order chi connectivity index (χ1) is 13.7. The maximum Gasteiger partial charge on any atom is 0.220 e. The van der Waals surface area contributed by atoms with Crippen molar-refractivity contribution in [2.24, 2.45) is 0 Å². The number of hydrogen-bond donors (Lipinski definition) is 2. The normalized spacial score (nSPS) is 10.1. The third-order valence-corrected chi connectivity index (χ3v) is 3.89. The third-order valence-electron chi connectivity index (χ3n) is 3.89. The van der Waals surface area contributed by atoms with Crippen LogP contribution < -0.4 is 10.6 Å². The molecule has 0 aromatic heterocycles. The summed E-state index contributed by atoms with van der Waals surface area (Å²) in [4.78, 5) is 22.4. The van der Waals surface area contributed by atoms with E-state index in [9.17, 15) is 9.59 Å². The summed E-state index contributed by atoms with van der Waals surface area (Å²) in [6.07, 6.45) is 6.54. The van der Waals surface area contributed by atoms with Gasteiger partial charge < -0.3 is 10.6 Å². The molecule has 4 heteroatoms. The molecular formula is C25H46N2O2. The Morgan fingerprint density at radius 3 is 1.90 bits per heavy atom. The zero-order chi connectivity index (χ0) is 22.7. The highest BCUT2D eigenvalue weighted by atomic mass is 16.2. The lowest BCUT2D eigenvalue weighted by atomic mass is 10.1. The molecule has 2 N–H and O–H groups in total. The summed E-state index contributed by atoms with van der Waals surface area (Å²) in [5.74, 6) is 0.334. The molecule has 1 aromatic carbocycles. The van der Waals surface area contributed by atoms with Gasteiger partial charge in [-0.1, -0.05) is 63.4 Å². The van der Waals surface area contributed by atoms with Gasteiger partial charge in [-0.25, -0.2) is 0 Å². The van der Waals surface area contributed by atoms with Gasteiger partial charge in [0.1, 0.15) is 0 Å². The molecule has 0 radical (unpaired) electrons. The van der Waals surface area contributed by atoms with Gasteiger partial charge >= 0.3 is 0 Å². The maximum absolute atomic E-state index is 11.2. The summed E-state index contributed by atoms with van der Waals surface area (Å²) in [5.41, 5.74) is 2.51. The summed E-state index contributed by atoms with van der Waals surface area (Å²) in [5, 5.41) is 5.74. The van der Waals surface area contributed by atoms with Gasteiger partial charge in [0.2, 0.25) is 11.8 Å². The van der Waals surface area contributed by atoms with Gasteiger partial charge in [-0.3, -0.25) is 9.59 Å². The molecule has 0 unspecified atom stereocenters. The van der Waals surface area contributed by atoms with E-state index in [1.807, 2.05) is 41.5 Å². The Labute approximate surface area is 180 Å². The molecule has 0 spiro atoms. The van der Waals surface area contributed by atoms with Gasteiger partial charge in [-0.05, 0) is 59.4 Å². The second-order valence-corrected chi connectivity index (χ2v) is 8.05. The van der Waals surface area contributed by atoms with Crippen molar-refractivity contribution in [3.8, 4) is 0 Å². The smallest absolute Gasteiger partial charge is 0.220 e. The number of carbonyl (C=O) groups is 2. The molecule has 0 heterocycles. The number of benzene rings is 1. The fourth-order valence-corrected chi connectivity index (χ4v) is 2.51. The number of hydrogen-bond acceptors (Lipinski definition) is 2. The van der Waals surface area contributed by atoms with Crippen molar-refractivity contribution in [2.75, 3.05) is 6.54 Å². The lowest BCUT2D eigenvalue weighted by Gasteiger charge is -2.20. The van der Waals surface area contributed by atoms with Crippen LogP contribution in [0.5, 0.6) is 0 Å². The van der Waals surface area contributed by atoms with Crippen LogP contribution in [0.25, 0.3) is 0 Å². The largest absolute Gasteiger partial charge is 0.356 e. The van der Waals surface area contributed by atoms with Crippen LogP contribution in [0.1, 0.15) is 98.1 Å². The first-order valence-electron chi connectivity index (χ1n) is 11.3. The number of rotatable bonds is 9. The molecule has 168 valence electrons. The number of carbonyl (C=O) groups excluding carboxylic acids is 2. The maximum atomic E-state index is 11.2. The van der Waals surface area contributed by atoms with E-state index in [2.05, 4.69) is 48.7 Å². The summed E-state index contributed by atoms with van der Waals surface area (Å²) in [6.45, 7) is 16.9. The van der Waals surface area contributed by atoms with Crippen LogP contribution >= 0.6 is 0 Å². The van der Waals surface area contributed by atoms with Crippen molar-refractivity contribution < 1.29 is 9.59 Å². The molecule has 0 saturated heterocycles. The van der Waals surface area contributed by atoms with E-state index in [0.717, 1.165) is 32.2 Å². The first-order valence-corrected chi connectivity index (χ1v) is 11.3. The molecule has 4 nitrogen and oxygen atoms in total. The lowest BCUT2D eigenvalue weighted by Crippen LogP contribution is -2.40. The molecule has 0 bridgehead atoms. The molecule has 0 aliphatic rings. The topological polar surface area (TPSA) is 58.2 Å². The van der Waals surface area contributed by atoms with Crippen molar-refractivity contribution in [3.05, 3.63) is 35.4 Å². The van der Waals surface area contributed by atoms with Crippen LogP contribution in [0.2, 0.25) is 0 Å². The van der Waals surface area contributed by atoms with Crippen molar-refractivity contribution >= 4 is 11.8 Å². The zero-order valence-corrected chi connectivity index (χ0v) is 20.3. The van der Waals surface area contributed by atoms with Crippen LogP contribution in [0.4, 0.5) is 0 Å². The van der Waals surface area contributed by atoms with E-state index in [1.54, 1.807) is 0 Å². The molecule has 0 aliphatic carbocycles. The second kappa shape index (κ2) is 18.2. The molecule has 1 rings (SSSR count). The molecule has 0 saturated carbocycles. The fourth-order valence-electron chi connectivity index (χ4n) is 2.51. The molecule has 0 fully saturated rings. The highest BCUT2D eigenvalue weighted by Crippen LogP contribution is 2.07. The van der Waals surface area contributed by atoms with E-state index < -0.39 is 0 Å². The standard InChI is InChI=1S/C13H19NO.C10H21NO.C2H6/c1-3-14-13(15)6-4-5-12-9-7-11(2)8-10-12;1-5-6-7-8-9(12)11-10(2,3)4;1-2/h7-10H,3-6H2,1-2H3,(H,14,15);5-8H2,1-4H3,(H,11,12);1-2H3. The lowest BCUT2D eigenvalue weighted by molar-refractivity contribution is -0.123. The predicted molar refractivity (Wildman–Crippen MR) is 126 cm³/mol. The predicted octanol–water partition coefficient (Wildman–Crippen LogP) is 5.96. The highest BCUT2D eigenvalue weighted by Gasteiger charge is 2.12. The molecule has 0 atom stereocenters. The fraction of sp³-hybridized carbons (Fsp3) is 0.680. The Morgan fingerprint density at radius 2 is 1.41 bits per heavy atom. The highest BCUT2D eigenvalue weighted by molar-refractivity contribution is 5.76. The van der Waals surface area contributed by atoms with Gasteiger partial charge in [0, 0.05) is 24.9 Å². The third kappa shape index (κ3) is 20.7. The van der Waals surface area contributed by atoms with Crippen LogP contribution in [-0.4, -0.2) is 23.9 Å². The summed E-state index contributed by atoms with van der Waals surface area (Å²) in [6, 6.07) is 8.49. The summed E-state index contributed by atoms with van der Waals surface area (Å²) >= 11 is 0. The van der Waals surface area contributed by atoms with Gasteiger partial charge in [-0.15, -0.1) is 0 Å². The van der Waals surface area contributed by atoms with Gasteiger partial charge in [0.15, 0.2) is 0 Å². The van der Waals surface area contributed by atoms with Crippen LogP contribution in [0.3, 0.4) is 0 Å². The minimum Gasteiger partial charge on any atom is -0.356 e. The van der Waals surface area contributed by atoms with Crippen molar-refractivity contribution in [3.63, 3.8) is 0 Å². The summed E-state index contributed by atoms with van der Waals surface area (Å²) < 4.78 is 0. The minimum atomic E-state index is -0.0801. The van der Waals surface area contributed by atoms with E-state index in [1.165, 1.54) is 17.5 Å². The van der Waals surface area contributed by atoms with E-state index in [-0.39, 0.29) is 17.4 Å². The Kier molecular flexibility index (Phi) is 18.4. The van der Waals surface area contributed by atoms with Crippen molar-refractivity contribution in [2.45, 2.75) is 106 Å². The van der Waals surface area contributed by atoms with Crippen molar-refractivity contribution in [1.29, 1.82) is 0 Å². The molecule has 1 aromatic rings. The number of amides is 2.